The molecule has 0 radical (unpaired) electrons. The summed E-state index contributed by atoms with van der Waals surface area (Å²) in [6.07, 6.45) is 13.3. The number of likely N-dealkylation sites (tertiary alicyclic amines) is 1. The number of amides is 2. The summed E-state index contributed by atoms with van der Waals surface area (Å²) in [7, 11) is 11.2. The summed E-state index contributed by atoms with van der Waals surface area (Å²) in [6, 6.07) is 6.75. The van der Waals surface area contributed by atoms with Gasteiger partial charge >= 0.3 is 0 Å². The van der Waals surface area contributed by atoms with Gasteiger partial charge in [0.2, 0.25) is 23.3 Å². The normalized spacial score (nSPS) is 16.6. The first-order valence-electron chi connectivity index (χ1n) is 13.9. The topological polar surface area (TPSA) is 117 Å². The van der Waals surface area contributed by atoms with Crippen molar-refractivity contribution in [2.24, 2.45) is 0 Å². The van der Waals surface area contributed by atoms with E-state index in [0.29, 0.717) is 47.6 Å². The lowest BCUT2D eigenvalue weighted by molar-refractivity contribution is -0.119. The zero-order chi connectivity index (χ0) is 32.1. The molecule has 0 bridgehead atoms. The third-order valence-corrected chi connectivity index (χ3v) is 6.83. The molecule has 2 atom stereocenters. The average Bonchev–Trinajstić information content (AvgIpc) is 3.37. The van der Waals surface area contributed by atoms with E-state index in [-0.39, 0.29) is 36.3 Å². The van der Waals surface area contributed by atoms with Crippen molar-refractivity contribution in [3.05, 3.63) is 71.8 Å². The molecule has 1 aliphatic rings. The molecule has 1 saturated heterocycles. The average molecular weight is 644 g/mol. The van der Waals surface area contributed by atoms with Crippen molar-refractivity contribution in [2.45, 2.75) is 12.1 Å². The molecule has 45 heavy (non-hydrogen) atoms. The maximum atomic E-state index is 12.6. The molecule has 0 unspecified atom stereocenters. The second-order valence-electron chi connectivity index (χ2n) is 9.81. The Hall–Kier alpha value is -4.61. The maximum absolute atomic E-state index is 12.6. The number of nitrogens with zero attached hydrogens (tertiary/aromatic N) is 1. The fraction of sp³-hybridized carbons (Fsp3) is 0.333. The monoisotopic (exact) mass is 643 g/mol. The van der Waals surface area contributed by atoms with E-state index in [0.717, 1.165) is 11.1 Å². The Kier molecular flexibility index (Phi) is 14.8. The largest absolute Gasteiger partial charge is 0.493 e. The molecule has 0 aromatic heterocycles. The first-order chi connectivity index (χ1) is 21.3. The van der Waals surface area contributed by atoms with Crippen LogP contribution in [-0.2, 0) is 9.59 Å². The number of likely N-dealkylation sites (N-methyl/N-ethyl adjacent to an activating group) is 1. The first-order valence-corrected chi connectivity index (χ1v) is 13.9. The molecular weight excluding hydrogens is 602 g/mol. The van der Waals surface area contributed by atoms with Gasteiger partial charge in [-0.3, -0.25) is 9.59 Å². The quantitative estimate of drug-likeness (QED) is 0.233. The highest BCUT2D eigenvalue weighted by Gasteiger charge is 2.32. The zero-order valence-electron chi connectivity index (χ0n) is 26.6. The lowest BCUT2D eigenvalue weighted by Gasteiger charge is -2.19. The van der Waals surface area contributed by atoms with Gasteiger partial charge in [-0.1, -0.05) is 36.5 Å². The highest BCUT2D eigenvalue weighted by atomic mass is 35.5. The molecular formula is C33H42ClN3O8. The molecule has 11 nitrogen and oxygen atoms in total. The van der Waals surface area contributed by atoms with Crippen molar-refractivity contribution in [3.63, 3.8) is 0 Å². The summed E-state index contributed by atoms with van der Waals surface area (Å²) in [6.45, 7) is 1.22. The fourth-order valence-electron chi connectivity index (χ4n) is 4.77. The van der Waals surface area contributed by atoms with Gasteiger partial charge in [0.15, 0.2) is 23.0 Å². The molecule has 2 N–H and O–H groups in total. The van der Waals surface area contributed by atoms with Gasteiger partial charge in [-0.05, 0) is 42.4 Å². The Morgan fingerprint density at radius 3 is 1.24 bits per heavy atom. The lowest BCUT2D eigenvalue weighted by atomic mass is 10.1. The predicted octanol–water partition coefficient (Wildman–Crippen LogP) is 3.91. The summed E-state index contributed by atoms with van der Waals surface area (Å²) in [5, 5.41) is 5.98. The molecule has 0 spiro atoms. The summed E-state index contributed by atoms with van der Waals surface area (Å²) in [5.41, 5.74) is 1.63. The van der Waals surface area contributed by atoms with Gasteiger partial charge in [-0.2, -0.15) is 0 Å². The van der Waals surface area contributed by atoms with Crippen molar-refractivity contribution in [2.75, 3.05) is 62.8 Å². The lowest BCUT2D eigenvalue weighted by Crippen LogP contribution is -2.50. The Morgan fingerprint density at radius 2 is 0.956 bits per heavy atom. The number of nitrogens with one attached hydrogen (secondary N) is 2. The van der Waals surface area contributed by atoms with Crippen LogP contribution in [0.1, 0.15) is 11.1 Å². The van der Waals surface area contributed by atoms with Crippen LogP contribution in [0.5, 0.6) is 34.5 Å². The highest BCUT2D eigenvalue weighted by molar-refractivity contribution is 5.89. The van der Waals surface area contributed by atoms with Crippen molar-refractivity contribution in [1.82, 2.24) is 15.5 Å². The highest BCUT2D eigenvalue weighted by Crippen LogP contribution is 2.39. The second-order valence-corrected chi connectivity index (χ2v) is 9.81. The fourth-order valence-corrected chi connectivity index (χ4v) is 4.77. The Balaban J connectivity index is 0.00000705. The van der Waals surface area contributed by atoms with E-state index in [1.165, 1.54) is 12.2 Å². The van der Waals surface area contributed by atoms with Crippen molar-refractivity contribution >= 4 is 36.4 Å². The number of methoxy groups -OCH3 is 6. The van der Waals surface area contributed by atoms with Crippen LogP contribution in [-0.4, -0.2) is 91.6 Å². The maximum Gasteiger partial charge on any atom is 0.244 e. The van der Waals surface area contributed by atoms with Crippen LogP contribution in [0.25, 0.3) is 12.2 Å². The van der Waals surface area contributed by atoms with Gasteiger partial charge in [0.05, 0.1) is 54.7 Å². The molecule has 12 heteroatoms. The Morgan fingerprint density at radius 1 is 0.622 bits per heavy atom. The van der Waals surface area contributed by atoms with E-state index in [2.05, 4.69) is 15.5 Å². The summed E-state index contributed by atoms with van der Waals surface area (Å²) >= 11 is 0. The second kappa shape index (κ2) is 18.3. The summed E-state index contributed by atoms with van der Waals surface area (Å²) in [4.78, 5) is 27.3. The number of allylic oxidation sites excluding steroid dienone is 4. The molecule has 2 amide bonds. The van der Waals surface area contributed by atoms with E-state index >= 15 is 0 Å². The predicted molar refractivity (Wildman–Crippen MR) is 177 cm³/mol. The van der Waals surface area contributed by atoms with E-state index in [9.17, 15) is 9.59 Å². The smallest absolute Gasteiger partial charge is 0.244 e. The number of carbonyl (C=O) groups is 2. The van der Waals surface area contributed by atoms with Crippen LogP contribution < -0.4 is 39.1 Å². The van der Waals surface area contributed by atoms with Gasteiger partial charge in [0.1, 0.15) is 0 Å². The Labute approximate surface area is 270 Å². The molecule has 1 aliphatic heterocycles. The van der Waals surface area contributed by atoms with Crippen LogP contribution in [0.2, 0.25) is 0 Å². The summed E-state index contributed by atoms with van der Waals surface area (Å²) in [5.74, 6) is 2.64. The molecule has 3 rings (SSSR count). The van der Waals surface area contributed by atoms with Gasteiger partial charge in [-0.25, -0.2) is 0 Å². The van der Waals surface area contributed by atoms with E-state index in [1.54, 1.807) is 67.0 Å². The minimum Gasteiger partial charge on any atom is -0.493 e. The van der Waals surface area contributed by atoms with Gasteiger partial charge in [-0.15, -0.1) is 12.4 Å². The third kappa shape index (κ3) is 10.2. The van der Waals surface area contributed by atoms with Crippen LogP contribution >= 0.6 is 12.4 Å². The minimum atomic E-state index is -0.261. The standard InChI is InChI=1S/C33H41N3O8.ClH/c1-36-20-24(34-30(37)14-10-8-12-22-16-26(39-2)32(43-6)27(17-22)40-3)25(21-36)35-31(38)15-11-9-13-23-18-28(41-4)33(44-7)29(19-23)42-5;/h8-19,24-25H,20-21H2,1-7H3,(H,34,37)(H,35,38);1H/b12-8+,13-9+,14-10+,15-11+;/t24-,25-;/m0./s1. The minimum absolute atomic E-state index is 0. The van der Waals surface area contributed by atoms with Crippen molar-refractivity contribution in [1.29, 1.82) is 0 Å². The molecule has 244 valence electrons. The van der Waals surface area contributed by atoms with E-state index in [4.69, 9.17) is 28.4 Å². The SMILES string of the molecule is COc1cc(/C=C/C=C/C(=O)N[C@H]2CN(C)C[C@@H]2NC(=O)/C=C/C=C/c2cc(OC)c(OC)c(OC)c2)cc(OC)c1OC.Cl. The van der Waals surface area contributed by atoms with E-state index in [1.807, 2.05) is 43.5 Å². The van der Waals surface area contributed by atoms with Crippen LogP contribution in [0, 0.1) is 0 Å². The van der Waals surface area contributed by atoms with Gasteiger partial charge in [0, 0.05) is 25.2 Å². The molecule has 0 aliphatic carbocycles. The zero-order valence-corrected chi connectivity index (χ0v) is 27.4. The third-order valence-electron chi connectivity index (χ3n) is 6.83. The van der Waals surface area contributed by atoms with Crippen LogP contribution in [0.3, 0.4) is 0 Å². The number of rotatable bonds is 14. The van der Waals surface area contributed by atoms with Crippen molar-refractivity contribution in [3.8, 4) is 34.5 Å². The number of ether oxygens (including phenoxy) is 6. The van der Waals surface area contributed by atoms with Crippen LogP contribution in [0.4, 0.5) is 0 Å². The molecule has 1 heterocycles. The first kappa shape index (κ1) is 36.6. The molecule has 1 fully saturated rings. The van der Waals surface area contributed by atoms with E-state index < -0.39 is 0 Å². The molecule has 2 aromatic rings. The number of carbonyl (C=O) groups excluding carboxylic acids is 2. The summed E-state index contributed by atoms with van der Waals surface area (Å²) < 4.78 is 32.2. The molecule has 2 aromatic carbocycles. The number of benzene rings is 2. The number of halogens is 1. The number of hydrogen-bond donors (Lipinski definition) is 2. The Bertz CT molecular complexity index is 1270. The number of hydrogen-bond acceptors (Lipinski definition) is 9. The van der Waals surface area contributed by atoms with Gasteiger partial charge in [0.25, 0.3) is 0 Å². The van der Waals surface area contributed by atoms with Crippen LogP contribution in [0.15, 0.2) is 60.7 Å². The molecule has 0 saturated carbocycles. The van der Waals surface area contributed by atoms with Crippen molar-refractivity contribution < 1.29 is 38.0 Å². The van der Waals surface area contributed by atoms with Gasteiger partial charge < -0.3 is 44.0 Å².